The number of hydrogen-bond acceptors (Lipinski definition) is 4. The maximum absolute atomic E-state index is 12.1. The number of rotatable bonds is 5. The lowest BCUT2D eigenvalue weighted by Gasteiger charge is -2.23. The molecule has 0 aliphatic heterocycles. The van der Waals surface area contributed by atoms with Crippen molar-refractivity contribution in [2.75, 3.05) is 0 Å². The fourth-order valence-corrected chi connectivity index (χ4v) is 1.80. The van der Waals surface area contributed by atoms with Crippen molar-refractivity contribution in [3.63, 3.8) is 0 Å². The van der Waals surface area contributed by atoms with E-state index >= 15 is 0 Å². The molecule has 1 amide bonds. The van der Waals surface area contributed by atoms with E-state index < -0.39 is 6.04 Å². The van der Waals surface area contributed by atoms with Crippen LogP contribution in [0, 0.1) is 0 Å². The molecule has 5 heteroatoms. The molecule has 2 N–H and O–H groups in total. The molecule has 0 saturated heterocycles. The highest BCUT2D eigenvalue weighted by Gasteiger charge is 2.19. The Kier molecular flexibility index (Phi) is 4.30. The first kappa shape index (κ1) is 13.3. The molecule has 0 radical (unpaired) electrons. The van der Waals surface area contributed by atoms with Gasteiger partial charge in [-0.25, -0.2) is 0 Å². The number of hydrogen-bond donors (Lipinski definition) is 1. The Bertz CT molecular complexity index is 509. The van der Waals surface area contributed by atoms with E-state index in [0.29, 0.717) is 13.1 Å². The predicted octanol–water partition coefficient (Wildman–Crippen LogP) is 1.55. The van der Waals surface area contributed by atoms with E-state index in [1.54, 1.807) is 36.5 Å². The van der Waals surface area contributed by atoms with Gasteiger partial charge in [0, 0.05) is 18.9 Å². The zero-order chi connectivity index (χ0) is 13.7. The highest BCUT2D eigenvalue weighted by Crippen LogP contribution is 2.11. The van der Waals surface area contributed by atoms with Gasteiger partial charge in [-0.05, 0) is 30.7 Å². The molecule has 0 aliphatic carbocycles. The summed E-state index contributed by atoms with van der Waals surface area (Å²) in [6.07, 6.45) is 5.03. The van der Waals surface area contributed by atoms with E-state index in [-0.39, 0.29) is 5.91 Å². The van der Waals surface area contributed by atoms with Crippen LogP contribution in [-0.2, 0) is 17.9 Å². The Hall–Kier alpha value is -2.14. The molecule has 19 heavy (non-hydrogen) atoms. The van der Waals surface area contributed by atoms with Crippen molar-refractivity contribution >= 4 is 5.91 Å². The molecule has 0 spiro atoms. The number of amides is 1. The number of nitrogens with two attached hydrogens (primary N) is 1. The van der Waals surface area contributed by atoms with Crippen LogP contribution in [0.1, 0.15) is 18.2 Å². The van der Waals surface area contributed by atoms with E-state index in [1.165, 1.54) is 0 Å². The van der Waals surface area contributed by atoms with Crippen LogP contribution in [0.4, 0.5) is 0 Å². The molecule has 0 fully saturated rings. The van der Waals surface area contributed by atoms with Gasteiger partial charge in [0.1, 0.15) is 5.76 Å². The van der Waals surface area contributed by atoms with Crippen molar-refractivity contribution in [3.8, 4) is 0 Å². The van der Waals surface area contributed by atoms with Crippen molar-refractivity contribution < 1.29 is 9.21 Å². The molecular formula is C14H17N3O2. The van der Waals surface area contributed by atoms with Crippen molar-refractivity contribution in [3.05, 3.63) is 54.2 Å². The molecule has 0 aliphatic rings. The van der Waals surface area contributed by atoms with Gasteiger partial charge in [-0.3, -0.25) is 9.78 Å². The molecule has 100 valence electrons. The molecule has 5 nitrogen and oxygen atoms in total. The number of carbonyl (C=O) groups is 1. The minimum Gasteiger partial charge on any atom is -0.467 e. The van der Waals surface area contributed by atoms with Crippen molar-refractivity contribution in [2.45, 2.75) is 26.1 Å². The van der Waals surface area contributed by atoms with Gasteiger partial charge in [0.05, 0.1) is 18.8 Å². The van der Waals surface area contributed by atoms with Crippen LogP contribution in [-0.4, -0.2) is 21.8 Å². The maximum atomic E-state index is 12.1. The second-order valence-electron chi connectivity index (χ2n) is 4.42. The lowest BCUT2D eigenvalue weighted by molar-refractivity contribution is -0.133. The fourth-order valence-electron chi connectivity index (χ4n) is 1.80. The lowest BCUT2D eigenvalue weighted by atomic mass is 10.2. The minimum atomic E-state index is -0.536. The largest absolute Gasteiger partial charge is 0.467 e. The van der Waals surface area contributed by atoms with Crippen LogP contribution in [0.15, 0.2) is 47.3 Å². The standard InChI is InChI=1S/C14H17N3O2/c1-11(15)14(18)17(10-13-5-3-7-19-13)9-12-4-2-6-16-8-12/h2-8,11H,9-10,15H2,1H3/t11-/m0/s1. The summed E-state index contributed by atoms with van der Waals surface area (Å²) in [4.78, 5) is 17.8. The van der Waals surface area contributed by atoms with Crippen LogP contribution in [0.3, 0.4) is 0 Å². The van der Waals surface area contributed by atoms with Crippen molar-refractivity contribution in [2.24, 2.45) is 5.73 Å². The summed E-state index contributed by atoms with van der Waals surface area (Å²) in [5, 5.41) is 0. The van der Waals surface area contributed by atoms with E-state index in [0.717, 1.165) is 11.3 Å². The first-order valence-electron chi connectivity index (χ1n) is 6.12. The third-order valence-electron chi connectivity index (χ3n) is 2.72. The number of aromatic nitrogens is 1. The Morgan fingerprint density at radius 2 is 2.26 bits per heavy atom. The summed E-state index contributed by atoms with van der Waals surface area (Å²) in [6.45, 7) is 2.55. The summed E-state index contributed by atoms with van der Waals surface area (Å²) in [5.74, 6) is 0.623. The first-order chi connectivity index (χ1) is 9.16. The normalized spacial score (nSPS) is 12.1. The average Bonchev–Trinajstić information content (AvgIpc) is 2.91. The van der Waals surface area contributed by atoms with Gasteiger partial charge in [-0.15, -0.1) is 0 Å². The molecule has 1 atom stereocenters. The topological polar surface area (TPSA) is 72.4 Å². The third-order valence-corrected chi connectivity index (χ3v) is 2.72. The lowest BCUT2D eigenvalue weighted by Crippen LogP contribution is -2.41. The van der Waals surface area contributed by atoms with Gasteiger partial charge in [0.2, 0.25) is 5.91 Å². The zero-order valence-electron chi connectivity index (χ0n) is 10.8. The summed E-state index contributed by atoms with van der Waals surface area (Å²) in [5.41, 5.74) is 6.64. The molecule has 2 aromatic heterocycles. The van der Waals surface area contributed by atoms with Crippen LogP contribution < -0.4 is 5.73 Å². The highest BCUT2D eigenvalue weighted by atomic mass is 16.3. The SMILES string of the molecule is C[C@H](N)C(=O)N(Cc1cccnc1)Cc1ccco1. The smallest absolute Gasteiger partial charge is 0.239 e. The van der Waals surface area contributed by atoms with Crippen LogP contribution in [0.2, 0.25) is 0 Å². The number of furan rings is 1. The summed E-state index contributed by atoms with van der Waals surface area (Å²) < 4.78 is 5.28. The van der Waals surface area contributed by atoms with Crippen LogP contribution in [0.25, 0.3) is 0 Å². The molecule has 2 heterocycles. The molecular weight excluding hydrogens is 242 g/mol. The van der Waals surface area contributed by atoms with Gasteiger partial charge in [-0.2, -0.15) is 0 Å². The second kappa shape index (κ2) is 6.15. The zero-order valence-corrected chi connectivity index (χ0v) is 10.8. The van der Waals surface area contributed by atoms with E-state index in [4.69, 9.17) is 10.2 Å². The van der Waals surface area contributed by atoms with Gasteiger partial charge >= 0.3 is 0 Å². The number of nitrogens with zero attached hydrogens (tertiary/aromatic N) is 2. The average molecular weight is 259 g/mol. The summed E-state index contributed by atoms with van der Waals surface area (Å²) >= 11 is 0. The molecule has 0 saturated carbocycles. The predicted molar refractivity (Wildman–Crippen MR) is 70.8 cm³/mol. The maximum Gasteiger partial charge on any atom is 0.239 e. The van der Waals surface area contributed by atoms with Crippen molar-refractivity contribution in [1.29, 1.82) is 0 Å². The third kappa shape index (κ3) is 3.66. The van der Waals surface area contributed by atoms with Gasteiger partial charge in [0.25, 0.3) is 0 Å². The number of carbonyl (C=O) groups excluding carboxylic acids is 1. The Balaban J connectivity index is 2.12. The van der Waals surface area contributed by atoms with Gasteiger partial charge in [0.15, 0.2) is 0 Å². The fraction of sp³-hybridized carbons (Fsp3) is 0.286. The van der Waals surface area contributed by atoms with E-state index in [2.05, 4.69) is 4.98 Å². The van der Waals surface area contributed by atoms with Gasteiger partial charge < -0.3 is 15.1 Å². The molecule has 2 aromatic rings. The van der Waals surface area contributed by atoms with Crippen molar-refractivity contribution in [1.82, 2.24) is 9.88 Å². The quantitative estimate of drug-likeness (QED) is 0.884. The highest BCUT2D eigenvalue weighted by molar-refractivity contribution is 5.81. The second-order valence-corrected chi connectivity index (χ2v) is 4.42. The molecule has 2 rings (SSSR count). The van der Waals surface area contributed by atoms with Crippen LogP contribution in [0.5, 0.6) is 0 Å². The van der Waals surface area contributed by atoms with E-state index in [9.17, 15) is 4.79 Å². The molecule has 0 bridgehead atoms. The Morgan fingerprint density at radius 1 is 1.42 bits per heavy atom. The Labute approximate surface area is 112 Å². The summed E-state index contributed by atoms with van der Waals surface area (Å²) in [6, 6.07) is 6.87. The van der Waals surface area contributed by atoms with Crippen LogP contribution >= 0.6 is 0 Å². The first-order valence-corrected chi connectivity index (χ1v) is 6.12. The number of pyridine rings is 1. The molecule has 0 aromatic carbocycles. The minimum absolute atomic E-state index is 0.111. The monoisotopic (exact) mass is 259 g/mol. The van der Waals surface area contributed by atoms with Gasteiger partial charge in [-0.1, -0.05) is 6.07 Å². The molecule has 0 unspecified atom stereocenters. The Morgan fingerprint density at radius 3 is 2.84 bits per heavy atom. The van der Waals surface area contributed by atoms with E-state index in [1.807, 2.05) is 18.2 Å². The summed E-state index contributed by atoms with van der Waals surface area (Å²) in [7, 11) is 0.